The Bertz CT molecular complexity index is 1630. The number of benzene rings is 2. The van der Waals surface area contributed by atoms with Crippen LogP contribution in [0, 0.1) is 5.92 Å². The summed E-state index contributed by atoms with van der Waals surface area (Å²) >= 11 is 5.93. The van der Waals surface area contributed by atoms with Crippen LogP contribution in [0.5, 0.6) is 5.75 Å². The summed E-state index contributed by atoms with van der Waals surface area (Å²) < 4.78 is 64.3. The van der Waals surface area contributed by atoms with E-state index < -0.39 is 44.0 Å². The molecule has 0 radical (unpaired) electrons. The van der Waals surface area contributed by atoms with E-state index >= 15 is 0 Å². The second kappa shape index (κ2) is 12.0. The van der Waals surface area contributed by atoms with Gasteiger partial charge >= 0.3 is 0 Å². The van der Waals surface area contributed by atoms with Gasteiger partial charge in [0.1, 0.15) is 6.10 Å². The number of amides is 1. The first-order valence-corrected chi connectivity index (χ1v) is 16.0. The smallest absolute Gasteiger partial charge is 0.281 e. The van der Waals surface area contributed by atoms with Crippen molar-refractivity contribution in [2.75, 3.05) is 31.5 Å². The molecule has 41 heavy (non-hydrogen) atoms. The lowest BCUT2D eigenvalue weighted by molar-refractivity contribution is 0.0389. The van der Waals surface area contributed by atoms with Crippen LogP contribution in [-0.2, 0) is 27.1 Å². The fourth-order valence-corrected chi connectivity index (χ4v) is 6.76. The van der Waals surface area contributed by atoms with E-state index in [1.54, 1.807) is 20.9 Å². The number of aromatic nitrogens is 2. The number of aliphatic hydroxyl groups is 1. The molecule has 3 aromatic rings. The van der Waals surface area contributed by atoms with Crippen LogP contribution in [0.3, 0.4) is 0 Å². The third kappa shape index (κ3) is 6.51. The highest BCUT2D eigenvalue weighted by Gasteiger charge is 2.36. The summed E-state index contributed by atoms with van der Waals surface area (Å²) in [6.07, 6.45) is 1.85. The Kier molecular flexibility index (Phi) is 8.99. The molecule has 2 aromatic carbocycles. The lowest BCUT2D eigenvalue weighted by Gasteiger charge is -2.38. The van der Waals surface area contributed by atoms with Crippen LogP contribution in [0.25, 0.3) is 0 Å². The number of aryl methyl sites for hydroxylation is 1. The Balaban J connectivity index is 1.76. The zero-order chi connectivity index (χ0) is 30.1. The summed E-state index contributed by atoms with van der Waals surface area (Å²) in [6, 6.07) is 9.65. The van der Waals surface area contributed by atoms with Gasteiger partial charge in [0.15, 0.2) is 10.8 Å². The van der Waals surface area contributed by atoms with Gasteiger partial charge in [0.2, 0.25) is 10.0 Å². The van der Waals surface area contributed by atoms with E-state index in [9.17, 15) is 26.7 Å². The average molecular weight is 626 g/mol. The van der Waals surface area contributed by atoms with Crippen molar-refractivity contribution in [3.8, 4) is 5.75 Å². The fraction of sp³-hybridized carbons (Fsp3) is 0.385. The van der Waals surface area contributed by atoms with E-state index in [2.05, 4.69) is 9.71 Å². The van der Waals surface area contributed by atoms with Gasteiger partial charge < -0.3 is 19.3 Å². The Labute approximate surface area is 244 Å². The molecular formula is C26H32ClN5O7S2. The van der Waals surface area contributed by atoms with Crippen molar-refractivity contribution in [2.45, 2.75) is 35.9 Å². The predicted molar refractivity (Wildman–Crippen MR) is 153 cm³/mol. The molecule has 0 bridgehead atoms. The van der Waals surface area contributed by atoms with Crippen molar-refractivity contribution in [1.29, 1.82) is 0 Å². The first-order chi connectivity index (χ1) is 19.2. The summed E-state index contributed by atoms with van der Waals surface area (Å²) in [6.45, 7) is 3.21. The molecule has 0 aliphatic carbocycles. The van der Waals surface area contributed by atoms with Gasteiger partial charge in [-0.3, -0.25) is 9.52 Å². The first-order valence-electron chi connectivity index (χ1n) is 12.7. The van der Waals surface area contributed by atoms with E-state index in [1.165, 1.54) is 71.5 Å². The van der Waals surface area contributed by atoms with Gasteiger partial charge in [0.25, 0.3) is 15.9 Å². The fourth-order valence-electron chi connectivity index (χ4n) is 4.40. The molecule has 1 aromatic heterocycles. The van der Waals surface area contributed by atoms with Crippen molar-refractivity contribution in [3.05, 3.63) is 65.6 Å². The molecule has 0 fully saturated rings. The van der Waals surface area contributed by atoms with Crippen molar-refractivity contribution in [2.24, 2.45) is 13.0 Å². The molecule has 15 heteroatoms. The monoisotopic (exact) mass is 625 g/mol. The van der Waals surface area contributed by atoms with Gasteiger partial charge in [-0.15, -0.1) is 0 Å². The molecule has 2 N–H and O–H groups in total. The van der Waals surface area contributed by atoms with Crippen LogP contribution in [0.4, 0.5) is 5.69 Å². The number of ether oxygens (including phenoxy) is 1. The lowest BCUT2D eigenvalue weighted by Crippen LogP contribution is -2.50. The maximum atomic E-state index is 13.7. The molecule has 222 valence electrons. The maximum absolute atomic E-state index is 13.7. The highest BCUT2D eigenvalue weighted by molar-refractivity contribution is 7.92. The highest BCUT2D eigenvalue weighted by atomic mass is 35.5. The van der Waals surface area contributed by atoms with Gasteiger partial charge in [-0.05, 0) is 43.3 Å². The number of likely N-dealkylation sites (N-methyl/N-ethyl adjacent to an activating group) is 1. The van der Waals surface area contributed by atoms with E-state index in [0.29, 0.717) is 5.02 Å². The normalized spacial score (nSPS) is 18.8. The molecule has 12 nitrogen and oxygen atoms in total. The van der Waals surface area contributed by atoms with Crippen LogP contribution in [-0.4, -0.2) is 85.5 Å². The van der Waals surface area contributed by atoms with Crippen molar-refractivity contribution < 1.29 is 31.5 Å². The van der Waals surface area contributed by atoms with Crippen molar-refractivity contribution >= 4 is 43.2 Å². The van der Waals surface area contributed by atoms with Gasteiger partial charge in [0, 0.05) is 37.8 Å². The van der Waals surface area contributed by atoms with Gasteiger partial charge in [-0.25, -0.2) is 13.4 Å². The standard InChI is InChI=1S/C26H32ClN5O7S2/c1-17-12-32(18(2)15-33)26(34)21-6-5-7-22(29-40(35,36)24-14-30(3)16-28-24)25(21)39-23(17)13-31(4)41(37,38)20-10-8-19(27)9-11-20/h5-11,14,16-18,23,29,33H,12-13,15H2,1-4H3/t17-,18-,23+/m0/s1. The van der Waals surface area contributed by atoms with Gasteiger partial charge in [-0.1, -0.05) is 24.6 Å². The minimum atomic E-state index is -4.16. The van der Waals surface area contributed by atoms with Crippen LogP contribution in [0.2, 0.25) is 5.02 Å². The molecule has 0 saturated carbocycles. The summed E-state index contributed by atoms with van der Waals surface area (Å²) in [5.41, 5.74) is 0.0482. The minimum absolute atomic E-state index is 0.0135. The number of carbonyl (C=O) groups is 1. The van der Waals surface area contributed by atoms with Crippen LogP contribution < -0.4 is 9.46 Å². The number of hydrogen-bond donors (Lipinski definition) is 2. The molecule has 0 spiro atoms. The van der Waals surface area contributed by atoms with Gasteiger partial charge in [0.05, 0.1) is 41.7 Å². The van der Waals surface area contributed by atoms with E-state index in [0.717, 1.165) is 4.31 Å². The number of halogens is 1. The van der Waals surface area contributed by atoms with Crippen LogP contribution in [0.15, 0.2) is 64.9 Å². The number of anilines is 1. The number of hydrogen-bond acceptors (Lipinski definition) is 8. The molecule has 2 heterocycles. The van der Waals surface area contributed by atoms with E-state index in [1.807, 2.05) is 0 Å². The second-order valence-corrected chi connectivity index (χ2v) is 14.1. The quantitative estimate of drug-likeness (QED) is 0.368. The first kappa shape index (κ1) is 30.8. The summed E-state index contributed by atoms with van der Waals surface area (Å²) in [5.74, 6) is -0.946. The van der Waals surface area contributed by atoms with Gasteiger partial charge in [-0.2, -0.15) is 12.7 Å². The molecule has 1 aliphatic heterocycles. The SMILES string of the molecule is C[C@H]1CN([C@@H](C)CO)C(=O)c2cccc(NS(=O)(=O)c3cn(C)cn3)c2O[C@@H]1CN(C)S(=O)(=O)c1ccc(Cl)cc1. The number of para-hydroxylation sites is 1. The number of nitrogens with one attached hydrogen (secondary N) is 1. The number of imidazole rings is 1. The second-order valence-electron chi connectivity index (χ2n) is 10.0. The average Bonchev–Trinajstić information content (AvgIpc) is 3.38. The Morgan fingerprint density at radius 3 is 2.49 bits per heavy atom. The number of carbonyl (C=O) groups excluding carboxylic acids is 1. The molecule has 0 unspecified atom stereocenters. The number of fused-ring (bicyclic) bond motifs is 1. The van der Waals surface area contributed by atoms with E-state index in [4.69, 9.17) is 16.3 Å². The maximum Gasteiger partial charge on any atom is 0.281 e. The third-order valence-electron chi connectivity index (χ3n) is 6.85. The Morgan fingerprint density at radius 1 is 1.20 bits per heavy atom. The summed E-state index contributed by atoms with van der Waals surface area (Å²) in [7, 11) is -5.06. The van der Waals surface area contributed by atoms with E-state index in [-0.39, 0.29) is 46.6 Å². The largest absolute Gasteiger partial charge is 0.486 e. The Morgan fingerprint density at radius 2 is 1.88 bits per heavy atom. The molecule has 4 rings (SSSR count). The zero-order valence-corrected chi connectivity index (χ0v) is 25.3. The molecule has 0 saturated heterocycles. The van der Waals surface area contributed by atoms with Crippen molar-refractivity contribution in [1.82, 2.24) is 18.8 Å². The predicted octanol–water partition coefficient (Wildman–Crippen LogP) is 2.42. The zero-order valence-electron chi connectivity index (χ0n) is 22.9. The summed E-state index contributed by atoms with van der Waals surface area (Å²) in [4.78, 5) is 19.1. The number of rotatable bonds is 9. The lowest BCUT2D eigenvalue weighted by atomic mass is 9.99. The topological polar surface area (TPSA) is 151 Å². The third-order valence-corrected chi connectivity index (χ3v) is 10.2. The minimum Gasteiger partial charge on any atom is -0.486 e. The highest BCUT2D eigenvalue weighted by Crippen LogP contribution is 2.36. The number of sulfonamides is 2. The molecule has 3 atom stereocenters. The number of nitrogens with zero attached hydrogens (tertiary/aromatic N) is 4. The molecular weight excluding hydrogens is 594 g/mol. The van der Waals surface area contributed by atoms with Crippen LogP contribution >= 0.6 is 11.6 Å². The van der Waals surface area contributed by atoms with Crippen molar-refractivity contribution in [3.63, 3.8) is 0 Å². The molecule has 1 aliphatic rings. The Hall–Kier alpha value is -3.17. The molecule has 1 amide bonds. The summed E-state index contributed by atoms with van der Waals surface area (Å²) in [5, 5.41) is 10.0. The number of aliphatic hydroxyl groups excluding tert-OH is 1. The van der Waals surface area contributed by atoms with Crippen LogP contribution in [0.1, 0.15) is 24.2 Å².